The minimum absolute atomic E-state index is 0.0323. The van der Waals surface area contributed by atoms with Crippen LogP contribution in [0.5, 0.6) is 0 Å². The van der Waals surface area contributed by atoms with E-state index in [-0.39, 0.29) is 27.3 Å². The first-order valence-electron chi connectivity index (χ1n) is 10.9. The lowest BCUT2D eigenvalue weighted by molar-refractivity contribution is -0.137. The van der Waals surface area contributed by atoms with Crippen molar-refractivity contribution in [3.8, 4) is 0 Å². The molecule has 1 aromatic carbocycles. The van der Waals surface area contributed by atoms with Crippen molar-refractivity contribution in [2.75, 3.05) is 11.9 Å². The molecule has 0 radical (unpaired) electrons. The number of nitrogens with zero attached hydrogens (tertiary/aromatic N) is 1. The summed E-state index contributed by atoms with van der Waals surface area (Å²) < 4.78 is 61.0. The van der Waals surface area contributed by atoms with Crippen LogP contribution in [-0.2, 0) is 6.18 Å². The highest BCUT2D eigenvalue weighted by molar-refractivity contribution is 6.33. The molecule has 0 spiro atoms. The van der Waals surface area contributed by atoms with Crippen molar-refractivity contribution >= 4 is 34.8 Å². The molecule has 1 fully saturated rings. The molecular formula is C21H22Cl2F3N3O. The van der Waals surface area contributed by atoms with Gasteiger partial charge in [-0.3, -0.25) is 9.78 Å². The van der Waals surface area contributed by atoms with Crippen LogP contribution in [0.2, 0.25) is 10.0 Å². The SMILES string of the molecule is [2H]C([2H])([2H])c1ncc(NCC2CCC(NC(=O)c3cc(C(F)(F)F)ccc3Cl)CC2)cc1Cl. The Kier molecular flexibility index (Phi) is 5.90. The first kappa shape index (κ1) is 18.8. The van der Waals surface area contributed by atoms with Crippen LogP contribution in [0.4, 0.5) is 18.9 Å². The third-order valence-electron chi connectivity index (χ3n) is 5.16. The lowest BCUT2D eigenvalue weighted by Gasteiger charge is -2.29. The summed E-state index contributed by atoms with van der Waals surface area (Å²) in [7, 11) is 0. The Morgan fingerprint density at radius 3 is 2.57 bits per heavy atom. The second-order valence-corrected chi connectivity index (χ2v) is 8.13. The second kappa shape index (κ2) is 9.43. The zero-order valence-corrected chi connectivity index (χ0v) is 17.3. The lowest BCUT2D eigenvalue weighted by Crippen LogP contribution is -2.38. The molecular weight excluding hydrogens is 438 g/mol. The Bertz CT molecular complexity index is 1010. The number of benzene rings is 1. The molecule has 1 amide bonds. The van der Waals surface area contributed by atoms with Gasteiger partial charge in [-0.05, 0) is 62.7 Å². The summed E-state index contributed by atoms with van der Waals surface area (Å²) in [6, 6.07) is 4.06. The molecule has 0 bridgehead atoms. The Morgan fingerprint density at radius 1 is 1.20 bits per heavy atom. The van der Waals surface area contributed by atoms with E-state index >= 15 is 0 Å². The van der Waals surface area contributed by atoms with E-state index in [2.05, 4.69) is 15.6 Å². The zero-order valence-electron chi connectivity index (χ0n) is 18.8. The van der Waals surface area contributed by atoms with Gasteiger partial charge in [-0.2, -0.15) is 13.2 Å². The van der Waals surface area contributed by atoms with Gasteiger partial charge < -0.3 is 10.6 Å². The molecule has 4 nitrogen and oxygen atoms in total. The largest absolute Gasteiger partial charge is 0.416 e. The fourth-order valence-electron chi connectivity index (χ4n) is 3.45. The molecule has 2 aromatic rings. The molecule has 1 aliphatic rings. The van der Waals surface area contributed by atoms with Gasteiger partial charge in [-0.25, -0.2) is 0 Å². The molecule has 9 heteroatoms. The van der Waals surface area contributed by atoms with Crippen LogP contribution in [0.25, 0.3) is 0 Å². The van der Waals surface area contributed by atoms with Crippen LogP contribution in [0, 0.1) is 12.8 Å². The van der Waals surface area contributed by atoms with Gasteiger partial charge in [0.05, 0.1) is 38.8 Å². The number of aromatic nitrogens is 1. The van der Waals surface area contributed by atoms with Crippen molar-refractivity contribution in [3.63, 3.8) is 0 Å². The number of hydrogen-bond acceptors (Lipinski definition) is 3. The maximum atomic E-state index is 12.9. The van der Waals surface area contributed by atoms with Crippen molar-refractivity contribution in [3.05, 3.63) is 57.3 Å². The summed E-state index contributed by atoms with van der Waals surface area (Å²) in [5.41, 5.74) is -0.650. The van der Waals surface area contributed by atoms with Gasteiger partial charge in [0.15, 0.2) is 0 Å². The number of alkyl halides is 3. The monoisotopic (exact) mass is 462 g/mol. The summed E-state index contributed by atoms with van der Waals surface area (Å²) in [5, 5.41) is 6.02. The Labute approximate surface area is 187 Å². The van der Waals surface area contributed by atoms with E-state index in [1.54, 1.807) is 0 Å². The number of aryl methyl sites for hydroxylation is 1. The smallest absolute Gasteiger partial charge is 0.383 e. The predicted molar refractivity (Wildman–Crippen MR) is 112 cm³/mol. The molecule has 1 saturated carbocycles. The van der Waals surface area contributed by atoms with Crippen LogP contribution < -0.4 is 10.6 Å². The molecule has 1 aromatic heterocycles. The normalized spacial score (nSPS) is 21.3. The Balaban J connectivity index is 1.51. The number of hydrogen-bond donors (Lipinski definition) is 2. The molecule has 0 saturated heterocycles. The summed E-state index contributed by atoms with van der Waals surface area (Å²) >= 11 is 12.0. The number of rotatable bonds is 5. The zero-order chi connectivity index (χ0) is 24.4. The van der Waals surface area contributed by atoms with Gasteiger partial charge in [0.1, 0.15) is 0 Å². The average Bonchev–Trinajstić information content (AvgIpc) is 2.71. The van der Waals surface area contributed by atoms with Gasteiger partial charge in [-0.15, -0.1) is 0 Å². The molecule has 0 unspecified atom stereocenters. The maximum Gasteiger partial charge on any atom is 0.416 e. The van der Waals surface area contributed by atoms with Crippen molar-refractivity contribution in [1.82, 2.24) is 10.3 Å². The number of halogens is 5. The summed E-state index contributed by atoms with van der Waals surface area (Å²) in [4.78, 5) is 16.4. The fourth-order valence-corrected chi connectivity index (χ4v) is 3.82. The Morgan fingerprint density at radius 2 is 1.93 bits per heavy atom. The summed E-state index contributed by atoms with van der Waals surface area (Å²) in [6.45, 7) is -1.76. The van der Waals surface area contributed by atoms with E-state index in [1.165, 1.54) is 12.3 Å². The molecule has 0 aliphatic heterocycles. The van der Waals surface area contributed by atoms with E-state index in [4.69, 9.17) is 27.3 Å². The number of amides is 1. The minimum Gasteiger partial charge on any atom is -0.383 e. The van der Waals surface area contributed by atoms with Crippen molar-refractivity contribution < 1.29 is 22.1 Å². The number of carbonyl (C=O) groups excluding carboxylic acids is 1. The van der Waals surface area contributed by atoms with Gasteiger partial charge in [0.25, 0.3) is 5.91 Å². The number of anilines is 1. The minimum atomic E-state index is -4.56. The van der Waals surface area contributed by atoms with Crippen molar-refractivity contribution in [2.24, 2.45) is 5.92 Å². The molecule has 162 valence electrons. The number of pyridine rings is 1. The topological polar surface area (TPSA) is 54.0 Å². The van der Waals surface area contributed by atoms with Crippen LogP contribution >= 0.6 is 23.2 Å². The molecule has 2 N–H and O–H groups in total. The molecule has 0 atom stereocenters. The highest BCUT2D eigenvalue weighted by atomic mass is 35.5. The van der Waals surface area contributed by atoms with Gasteiger partial charge in [0, 0.05) is 16.7 Å². The number of nitrogens with one attached hydrogen (secondary N) is 2. The van der Waals surface area contributed by atoms with Crippen LogP contribution in [0.15, 0.2) is 30.5 Å². The first-order valence-corrected chi connectivity index (χ1v) is 10.2. The molecule has 1 aliphatic carbocycles. The Hall–Kier alpha value is -1.99. The molecule has 3 rings (SSSR count). The summed E-state index contributed by atoms with van der Waals surface area (Å²) in [5.74, 6) is -0.320. The quantitative estimate of drug-likeness (QED) is 0.562. The van der Waals surface area contributed by atoms with E-state index < -0.39 is 24.5 Å². The third kappa shape index (κ3) is 5.79. The summed E-state index contributed by atoms with van der Waals surface area (Å²) in [6.07, 6.45) is -0.196. The van der Waals surface area contributed by atoms with Gasteiger partial charge in [-0.1, -0.05) is 23.2 Å². The fraction of sp³-hybridized carbons (Fsp3) is 0.429. The molecule has 1 heterocycles. The maximum absolute atomic E-state index is 12.9. The standard InChI is InChI=1S/C21H22Cl2F3N3O/c1-12-19(23)9-16(11-27-12)28-10-13-2-5-15(6-3-13)29-20(30)17-8-14(21(24,25)26)4-7-18(17)22/h4,7-9,11,13,15,28H,2-3,5-6,10H2,1H3,(H,29,30)/i1D3. The average molecular weight is 463 g/mol. The number of carbonyl (C=O) groups is 1. The van der Waals surface area contributed by atoms with Crippen LogP contribution in [0.3, 0.4) is 0 Å². The van der Waals surface area contributed by atoms with E-state index in [0.717, 1.165) is 31.0 Å². The second-order valence-electron chi connectivity index (χ2n) is 7.32. The van der Waals surface area contributed by atoms with E-state index in [9.17, 15) is 18.0 Å². The molecule has 30 heavy (non-hydrogen) atoms. The van der Waals surface area contributed by atoms with Crippen molar-refractivity contribution in [2.45, 2.75) is 44.8 Å². The van der Waals surface area contributed by atoms with Crippen LogP contribution in [-0.4, -0.2) is 23.5 Å². The lowest BCUT2D eigenvalue weighted by atomic mass is 9.86. The van der Waals surface area contributed by atoms with E-state index in [1.807, 2.05) is 0 Å². The van der Waals surface area contributed by atoms with Gasteiger partial charge in [0.2, 0.25) is 0 Å². The highest BCUT2D eigenvalue weighted by Crippen LogP contribution is 2.32. The van der Waals surface area contributed by atoms with E-state index in [0.29, 0.717) is 31.0 Å². The highest BCUT2D eigenvalue weighted by Gasteiger charge is 2.32. The first-order chi connectivity index (χ1) is 15.3. The third-order valence-corrected chi connectivity index (χ3v) is 5.77. The van der Waals surface area contributed by atoms with Crippen LogP contribution in [0.1, 0.15) is 51.4 Å². The predicted octanol–water partition coefficient (Wildman–Crippen LogP) is 6.12. The van der Waals surface area contributed by atoms with Gasteiger partial charge >= 0.3 is 6.18 Å². The van der Waals surface area contributed by atoms with Crippen molar-refractivity contribution in [1.29, 1.82) is 0 Å².